The first-order valence-corrected chi connectivity index (χ1v) is 8.72. The fraction of sp³-hybridized carbons (Fsp3) is 0.571. The number of benzene rings is 1. The molecule has 5 nitrogen and oxygen atoms in total. The minimum atomic E-state index is -3.59. The van der Waals surface area contributed by atoms with Crippen molar-refractivity contribution in [2.45, 2.75) is 36.8 Å². The van der Waals surface area contributed by atoms with Gasteiger partial charge < -0.3 is 10.5 Å². The fourth-order valence-corrected chi connectivity index (χ4v) is 4.87. The standard InChI is InChI=1S/C14H21ClN2O3S.ClH/c1-10-3-4-11(15)7-14(10)21(18,19)17-6-5-13(20-2)8-12(17)9-16;/h3-4,7,12-13H,5-6,8-9,16H2,1-2H3;1H. The van der Waals surface area contributed by atoms with E-state index < -0.39 is 10.0 Å². The van der Waals surface area contributed by atoms with Crippen molar-refractivity contribution in [3.8, 4) is 0 Å². The maximum absolute atomic E-state index is 12.9. The van der Waals surface area contributed by atoms with E-state index in [4.69, 9.17) is 22.1 Å². The normalized spacial score (nSPS) is 23.1. The van der Waals surface area contributed by atoms with Crippen LogP contribution in [0.5, 0.6) is 0 Å². The molecule has 0 bridgehead atoms. The van der Waals surface area contributed by atoms with Gasteiger partial charge in [0.15, 0.2) is 0 Å². The summed E-state index contributed by atoms with van der Waals surface area (Å²) in [5.41, 5.74) is 6.45. The van der Waals surface area contributed by atoms with E-state index in [0.29, 0.717) is 30.0 Å². The van der Waals surface area contributed by atoms with Gasteiger partial charge in [-0.2, -0.15) is 4.31 Å². The largest absolute Gasteiger partial charge is 0.381 e. The Morgan fingerprint density at radius 2 is 2.14 bits per heavy atom. The van der Waals surface area contributed by atoms with Crippen LogP contribution in [0.2, 0.25) is 5.02 Å². The zero-order chi connectivity index (χ0) is 15.6. The van der Waals surface area contributed by atoms with Crippen LogP contribution in [0.4, 0.5) is 0 Å². The Bertz CT molecular complexity index is 610. The molecule has 2 atom stereocenters. The Balaban J connectivity index is 0.00000242. The molecule has 22 heavy (non-hydrogen) atoms. The highest BCUT2D eigenvalue weighted by molar-refractivity contribution is 7.89. The van der Waals surface area contributed by atoms with Gasteiger partial charge in [-0.1, -0.05) is 17.7 Å². The second kappa shape index (κ2) is 7.95. The molecule has 1 heterocycles. The molecule has 1 saturated heterocycles. The smallest absolute Gasteiger partial charge is 0.243 e. The molecule has 1 aromatic rings. The molecule has 0 spiro atoms. The van der Waals surface area contributed by atoms with E-state index >= 15 is 0 Å². The third kappa shape index (κ3) is 3.93. The van der Waals surface area contributed by atoms with Crippen LogP contribution in [-0.2, 0) is 14.8 Å². The van der Waals surface area contributed by atoms with Crippen LogP contribution in [0, 0.1) is 6.92 Å². The molecule has 0 saturated carbocycles. The Morgan fingerprint density at radius 1 is 1.45 bits per heavy atom. The van der Waals surface area contributed by atoms with E-state index in [1.165, 1.54) is 10.4 Å². The lowest BCUT2D eigenvalue weighted by atomic mass is 10.0. The van der Waals surface area contributed by atoms with Crippen LogP contribution in [0.25, 0.3) is 0 Å². The Hall–Kier alpha value is -0.370. The third-order valence-corrected chi connectivity index (χ3v) is 6.28. The number of nitrogens with zero attached hydrogens (tertiary/aromatic N) is 1. The van der Waals surface area contributed by atoms with E-state index in [0.717, 1.165) is 0 Å². The third-order valence-electron chi connectivity index (χ3n) is 3.96. The quantitative estimate of drug-likeness (QED) is 0.883. The van der Waals surface area contributed by atoms with Crippen LogP contribution < -0.4 is 5.73 Å². The maximum atomic E-state index is 12.9. The van der Waals surface area contributed by atoms with Gasteiger partial charge in [0.2, 0.25) is 10.0 Å². The maximum Gasteiger partial charge on any atom is 0.243 e. The van der Waals surface area contributed by atoms with Crippen molar-refractivity contribution in [1.82, 2.24) is 4.31 Å². The van der Waals surface area contributed by atoms with Gasteiger partial charge in [0.05, 0.1) is 11.0 Å². The van der Waals surface area contributed by atoms with E-state index in [9.17, 15) is 8.42 Å². The predicted octanol–water partition coefficient (Wildman–Crippen LogP) is 2.20. The monoisotopic (exact) mass is 368 g/mol. The molecule has 0 aromatic heterocycles. The van der Waals surface area contributed by atoms with Crippen LogP contribution >= 0.6 is 24.0 Å². The summed E-state index contributed by atoms with van der Waals surface area (Å²) >= 11 is 5.95. The minimum Gasteiger partial charge on any atom is -0.381 e. The van der Waals surface area contributed by atoms with Crippen LogP contribution in [0.1, 0.15) is 18.4 Å². The predicted molar refractivity (Wildman–Crippen MR) is 90.2 cm³/mol. The first kappa shape index (κ1) is 19.7. The van der Waals surface area contributed by atoms with E-state index in [1.807, 2.05) is 0 Å². The van der Waals surface area contributed by atoms with E-state index in [-0.39, 0.29) is 36.0 Å². The number of nitrogens with two attached hydrogens (primary N) is 1. The molecule has 0 aliphatic carbocycles. The summed E-state index contributed by atoms with van der Waals surface area (Å²) in [7, 11) is -1.95. The molecule has 0 amide bonds. The lowest BCUT2D eigenvalue weighted by molar-refractivity contribution is 0.0401. The van der Waals surface area contributed by atoms with Crippen LogP contribution in [0.15, 0.2) is 23.1 Å². The molecule has 1 aliphatic heterocycles. The number of aryl methyl sites for hydroxylation is 1. The van der Waals surface area contributed by atoms with Crippen LogP contribution in [-0.4, -0.2) is 45.1 Å². The van der Waals surface area contributed by atoms with Crippen molar-refractivity contribution >= 4 is 34.0 Å². The minimum absolute atomic E-state index is 0. The van der Waals surface area contributed by atoms with Crippen molar-refractivity contribution in [3.05, 3.63) is 28.8 Å². The van der Waals surface area contributed by atoms with Gasteiger partial charge in [-0.05, 0) is 37.5 Å². The Kier molecular flexibility index (Phi) is 7.11. The lowest BCUT2D eigenvalue weighted by Crippen LogP contribution is -2.51. The highest BCUT2D eigenvalue weighted by atomic mass is 35.5. The lowest BCUT2D eigenvalue weighted by Gasteiger charge is -2.37. The number of ether oxygens (including phenoxy) is 1. The summed E-state index contributed by atoms with van der Waals surface area (Å²) in [4.78, 5) is 0.254. The Morgan fingerprint density at radius 3 is 2.73 bits per heavy atom. The molecule has 1 aliphatic rings. The summed E-state index contributed by atoms with van der Waals surface area (Å²) in [5.74, 6) is 0. The van der Waals surface area contributed by atoms with E-state index in [1.54, 1.807) is 26.2 Å². The molecule has 8 heteroatoms. The highest BCUT2D eigenvalue weighted by Gasteiger charge is 2.36. The number of hydrogen-bond donors (Lipinski definition) is 1. The van der Waals surface area contributed by atoms with Gasteiger partial charge in [0, 0.05) is 31.3 Å². The topological polar surface area (TPSA) is 72.6 Å². The number of piperidine rings is 1. The molecule has 0 radical (unpaired) electrons. The molecule has 2 N–H and O–H groups in total. The van der Waals surface area contributed by atoms with Gasteiger partial charge in [0.25, 0.3) is 0 Å². The molecular weight excluding hydrogens is 347 g/mol. The number of halogens is 2. The number of sulfonamides is 1. The summed E-state index contributed by atoms with van der Waals surface area (Å²) in [5, 5.41) is 0.412. The van der Waals surface area contributed by atoms with Crippen molar-refractivity contribution in [2.24, 2.45) is 5.73 Å². The van der Waals surface area contributed by atoms with E-state index in [2.05, 4.69) is 0 Å². The molecule has 126 valence electrons. The van der Waals surface area contributed by atoms with Gasteiger partial charge in [-0.15, -0.1) is 12.4 Å². The van der Waals surface area contributed by atoms with Gasteiger partial charge in [-0.25, -0.2) is 8.42 Å². The summed E-state index contributed by atoms with van der Waals surface area (Å²) in [6.07, 6.45) is 1.35. The Labute approximate surface area is 143 Å². The first-order valence-electron chi connectivity index (χ1n) is 6.91. The first-order chi connectivity index (χ1) is 9.90. The molecule has 1 fully saturated rings. The average Bonchev–Trinajstić information content (AvgIpc) is 2.48. The second-order valence-electron chi connectivity index (χ2n) is 5.30. The zero-order valence-electron chi connectivity index (χ0n) is 12.7. The summed E-state index contributed by atoms with van der Waals surface area (Å²) in [6.45, 7) is 2.45. The number of methoxy groups -OCH3 is 1. The number of hydrogen-bond acceptors (Lipinski definition) is 4. The molecule has 1 aromatic carbocycles. The zero-order valence-corrected chi connectivity index (χ0v) is 15.0. The fourth-order valence-electron chi connectivity index (χ4n) is 2.72. The SMILES string of the molecule is COC1CCN(S(=O)(=O)c2cc(Cl)ccc2C)C(CN)C1.Cl. The molecule has 2 rings (SSSR count). The van der Waals surface area contributed by atoms with Gasteiger partial charge in [0.1, 0.15) is 0 Å². The van der Waals surface area contributed by atoms with Crippen molar-refractivity contribution in [3.63, 3.8) is 0 Å². The molecular formula is C14H22Cl2N2O3S. The second-order valence-corrected chi connectivity index (χ2v) is 7.59. The number of rotatable bonds is 4. The molecule has 2 unspecified atom stereocenters. The summed E-state index contributed by atoms with van der Waals surface area (Å²) in [6, 6.07) is 4.66. The van der Waals surface area contributed by atoms with Crippen molar-refractivity contribution < 1.29 is 13.2 Å². The summed E-state index contributed by atoms with van der Waals surface area (Å²) < 4.78 is 32.6. The van der Waals surface area contributed by atoms with Gasteiger partial charge in [-0.3, -0.25) is 0 Å². The average molecular weight is 369 g/mol. The van der Waals surface area contributed by atoms with Crippen LogP contribution in [0.3, 0.4) is 0 Å². The van der Waals surface area contributed by atoms with Gasteiger partial charge >= 0.3 is 0 Å². The highest BCUT2D eigenvalue weighted by Crippen LogP contribution is 2.29. The van der Waals surface area contributed by atoms with Crippen molar-refractivity contribution in [1.29, 1.82) is 0 Å². The van der Waals surface area contributed by atoms with Crippen molar-refractivity contribution in [2.75, 3.05) is 20.2 Å².